The Kier molecular flexibility index (Phi) is 8.66. The van der Waals surface area contributed by atoms with Crippen molar-refractivity contribution < 1.29 is 41.0 Å². The standard InChI is InChI=1S/C21H27F3N8O.C2HF3O2/c1-20(2,3)32-11-15(17(30-32)21(22,23)24)28-19(33)12-10-26-31-9-8-16(29-18(12)31)27-14-7-5-4-6-13(14)25;3-2(4,5)1(6)7/h8-11,13-14H,4-7,25H2,1-3H3,(H,27,29)(H,28,33);(H,6,7)/t13-,14+;/m0./s1. The number of carbonyl (C=O) groups is 2. The highest BCUT2D eigenvalue weighted by molar-refractivity contribution is 6.08. The molecule has 3 aromatic rings. The molecule has 4 rings (SSSR count). The Morgan fingerprint density at radius 3 is 2.27 bits per heavy atom. The van der Waals surface area contributed by atoms with Crippen LogP contribution in [-0.4, -0.2) is 59.6 Å². The summed E-state index contributed by atoms with van der Waals surface area (Å²) in [5, 5.41) is 20.5. The molecule has 3 aromatic heterocycles. The summed E-state index contributed by atoms with van der Waals surface area (Å²) >= 11 is 0. The normalized spacial score (nSPS) is 18.1. The zero-order valence-electron chi connectivity index (χ0n) is 21.6. The summed E-state index contributed by atoms with van der Waals surface area (Å²) in [5.41, 5.74) is 4.17. The molecule has 1 fully saturated rings. The first-order valence-corrected chi connectivity index (χ1v) is 12.0. The van der Waals surface area contributed by atoms with E-state index in [2.05, 4.69) is 25.8 Å². The van der Waals surface area contributed by atoms with Crippen LogP contribution in [0.5, 0.6) is 0 Å². The number of nitrogens with two attached hydrogens (primary N) is 1. The first-order chi connectivity index (χ1) is 18.4. The molecular weight excluding hydrogens is 550 g/mol. The van der Waals surface area contributed by atoms with Gasteiger partial charge >= 0.3 is 18.3 Å². The Bertz CT molecular complexity index is 1360. The van der Waals surface area contributed by atoms with Crippen LogP contribution in [0.15, 0.2) is 24.7 Å². The fourth-order valence-electron chi connectivity index (χ4n) is 3.85. The lowest BCUT2D eigenvalue weighted by atomic mass is 9.91. The number of rotatable bonds is 4. The van der Waals surface area contributed by atoms with Gasteiger partial charge in [-0.2, -0.15) is 36.5 Å². The summed E-state index contributed by atoms with van der Waals surface area (Å²) in [4.78, 5) is 26.3. The Labute approximate surface area is 223 Å². The Morgan fingerprint density at radius 1 is 1.10 bits per heavy atom. The molecule has 1 amide bonds. The number of carbonyl (C=O) groups excluding carboxylic acids is 1. The minimum Gasteiger partial charge on any atom is -0.475 e. The van der Waals surface area contributed by atoms with Crippen LogP contribution in [0, 0.1) is 0 Å². The Balaban J connectivity index is 0.000000559. The number of nitrogens with zero attached hydrogens (tertiary/aromatic N) is 5. The first-order valence-electron chi connectivity index (χ1n) is 12.0. The van der Waals surface area contributed by atoms with Crippen molar-refractivity contribution in [2.24, 2.45) is 5.73 Å². The van der Waals surface area contributed by atoms with Crippen LogP contribution in [-0.2, 0) is 16.5 Å². The van der Waals surface area contributed by atoms with Crippen molar-refractivity contribution in [3.63, 3.8) is 0 Å². The molecule has 1 aliphatic rings. The first kappa shape index (κ1) is 30.6. The number of aliphatic carboxylic acids is 1. The average molecular weight is 579 g/mol. The summed E-state index contributed by atoms with van der Waals surface area (Å²) in [6.45, 7) is 5.15. The maximum Gasteiger partial charge on any atom is 0.490 e. The number of hydrogen-bond acceptors (Lipinski definition) is 7. The lowest BCUT2D eigenvalue weighted by Gasteiger charge is -2.29. The van der Waals surface area contributed by atoms with E-state index in [4.69, 9.17) is 15.6 Å². The second-order valence-corrected chi connectivity index (χ2v) is 10.1. The van der Waals surface area contributed by atoms with Crippen LogP contribution >= 0.6 is 0 Å². The van der Waals surface area contributed by atoms with Gasteiger partial charge in [0, 0.05) is 24.5 Å². The second kappa shape index (κ2) is 11.3. The molecule has 0 aliphatic heterocycles. The molecule has 2 atom stereocenters. The van der Waals surface area contributed by atoms with Gasteiger partial charge in [-0.3, -0.25) is 9.48 Å². The smallest absolute Gasteiger partial charge is 0.475 e. The predicted octanol–water partition coefficient (Wildman–Crippen LogP) is 4.27. The highest BCUT2D eigenvalue weighted by Gasteiger charge is 2.39. The fraction of sp³-hybridized carbons (Fsp3) is 0.522. The summed E-state index contributed by atoms with van der Waals surface area (Å²) < 4.78 is 74.9. The number of carboxylic acid groups (broad SMARTS) is 1. The van der Waals surface area contributed by atoms with Crippen LogP contribution in [0.4, 0.5) is 37.8 Å². The van der Waals surface area contributed by atoms with E-state index >= 15 is 0 Å². The molecule has 0 bridgehead atoms. The van der Waals surface area contributed by atoms with Crippen LogP contribution in [0.2, 0.25) is 0 Å². The number of halogens is 6. The van der Waals surface area contributed by atoms with Crippen molar-refractivity contribution in [3.8, 4) is 0 Å². The number of hydrogen-bond donors (Lipinski definition) is 4. The van der Waals surface area contributed by atoms with Crippen molar-refractivity contribution in [1.29, 1.82) is 0 Å². The molecule has 11 nitrogen and oxygen atoms in total. The summed E-state index contributed by atoms with van der Waals surface area (Å²) in [6.07, 6.45) is -1.74. The molecule has 40 heavy (non-hydrogen) atoms. The van der Waals surface area contributed by atoms with E-state index in [9.17, 15) is 31.1 Å². The lowest BCUT2D eigenvalue weighted by Crippen LogP contribution is -2.42. The van der Waals surface area contributed by atoms with Crippen molar-refractivity contribution in [2.75, 3.05) is 10.6 Å². The maximum absolute atomic E-state index is 13.5. The molecule has 3 heterocycles. The van der Waals surface area contributed by atoms with Gasteiger partial charge in [-0.15, -0.1) is 0 Å². The van der Waals surface area contributed by atoms with E-state index in [0.29, 0.717) is 5.82 Å². The largest absolute Gasteiger partial charge is 0.490 e. The van der Waals surface area contributed by atoms with Crippen molar-refractivity contribution in [1.82, 2.24) is 24.4 Å². The molecule has 1 aliphatic carbocycles. The highest BCUT2D eigenvalue weighted by atomic mass is 19.4. The highest BCUT2D eigenvalue weighted by Crippen LogP contribution is 2.35. The maximum atomic E-state index is 13.5. The summed E-state index contributed by atoms with van der Waals surface area (Å²) in [6, 6.07) is 1.79. The third-order valence-corrected chi connectivity index (χ3v) is 5.93. The number of aromatic nitrogens is 5. The zero-order chi connectivity index (χ0) is 30.0. The third kappa shape index (κ3) is 7.40. The van der Waals surface area contributed by atoms with E-state index in [1.807, 2.05) is 0 Å². The second-order valence-electron chi connectivity index (χ2n) is 10.1. The molecule has 0 radical (unpaired) electrons. The predicted molar refractivity (Wildman–Crippen MR) is 131 cm³/mol. The Hall–Kier alpha value is -3.89. The lowest BCUT2D eigenvalue weighted by molar-refractivity contribution is -0.192. The molecule has 5 N–H and O–H groups in total. The summed E-state index contributed by atoms with van der Waals surface area (Å²) in [7, 11) is 0. The van der Waals surface area contributed by atoms with E-state index in [0.717, 1.165) is 25.7 Å². The molecule has 0 spiro atoms. The van der Waals surface area contributed by atoms with Crippen molar-refractivity contribution in [3.05, 3.63) is 35.9 Å². The van der Waals surface area contributed by atoms with Gasteiger partial charge in [0.25, 0.3) is 5.91 Å². The molecular formula is C23H28F6N8O3. The van der Waals surface area contributed by atoms with Crippen LogP contribution in [0.25, 0.3) is 5.65 Å². The third-order valence-electron chi connectivity index (χ3n) is 5.93. The van der Waals surface area contributed by atoms with Crippen LogP contribution < -0.4 is 16.4 Å². The monoisotopic (exact) mass is 578 g/mol. The van der Waals surface area contributed by atoms with E-state index < -0.39 is 41.1 Å². The molecule has 0 aromatic carbocycles. The van der Waals surface area contributed by atoms with Crippen LogP contribution in [0.1, 0.15) is 62.5 Å². The SMILES string of the molecule is CC(C)(C)n1cc(NC(=O)c2cnn3ccc(N[C@@H]4CCCC[C@@H]4N)nc23)c(C(F)(F)F)n1.O=C(O)C(F)(F)F. The number of anilines is 2. The number of nitrogens with one attached hydrogen (secondary N) is 2. The number of amides is 1. The van der Waals surface area contributed by atoms with Gasteiger partial charge in [0.15, 0.2) is 11.3 Å². The van der Waals surface area contributed by atoms with Gasteiger partial charge in [-0.05, 0) is 39.7 Å². The minimum absolute atomic E-state index is 0.00426. The van der Waals surface area contributed by atoms with Gasteiger partial charge in [0.1, 0.15) is 11.4 Å². The van der Waals surface area contributed by atoms with E-state index in [1.54, 1.807) is 33.0 Å². The zero-order valence-corrected chi connectivity index (χ0v) is 21.6. The molecule has 220 valence electrons. The Morgan fingerprint density at radius 2 is 1.73 bits per heavy atom. The fourth-order valence-corrected chi connectivity index (χ4v) is 3.85. The number of fused-ring (bicyclic) bond motifs is 1. The average Bonchev–Trinajstić information content (AvgIpc) is 3.44. The molecule has 0 saturated heterocycles. The van der Waals surface area contributed by atoms with Crippen LogP contribution in [0.3, 0.4) is 0 Å². The van der Waals surface area contributed by atoms with E-state index in [1.165, 1.54) is 21.6 Å². The molecule has 1 saturated carbocycles. The number of alkyl halides is 6. The van der Waals surface area contributed by atoms with Gasteiger partial charge in [-0.25, -0.2) is 14.3 Å². The molecule has 17 heteroatoms. The van der Waals surface area contributed by atoms with Gasteiger partial charge in [-0.1, -0.05) is 12.8 Å². The summed E-state index contributed by atoms with van der Waals surface area (Å²) in [5.74, 6) is -2.99. The van der Waals surface area contributed by atoms with Crippen molar-refractivity contribution >= 4 is 29.0 Å². The van der Waals surface area contributed by atoms with E-state index in [-0.39, 0.29) is 23.3 Å². The van der Waals surface area contributed by atoms with Gasteiger partial charge in [0.2, 0.25) is 0 Å². The quantitative estimate of drug-likeness (QED) is 0.335. The van der Waals surface area contributed by atoms with Gasteiger partial charge in [0.05, 0.1) is 17.4 Å². The minimum atomic E-state index is -5.08. The topological polar surface area (TPSA) is 152 Å². The van der Waals surface area contributed by atoms with Crippen molar-refractivity contribution in [2.45, 2.75) is 76.4 Å². The number of carboxylic acids is 1. The van der Waals surface area contributed by atoms with Gasteiger partial charge < -0.3 is 21.5 Å². The molecule has 0 unspecified atom stereocenters.